The molecular weight excluding hydrogens is 394 g/mol. The minimum absolute atomic E-state index is 0.00503. The molecule has 2 heterocycles. The topological polar surface area (TPSA) is 79.5 Å². The fraction of sp³-hybridized carbons (Fsp3) is 0.227. The number of carbonyl (C=O) groups is 3. The van der Waals surface area contributed by atoms with Crippen LogP contribution < -0.4 is 4.90 Å². The third kappa shape index (κ3) is 2.71. The van der Waals surface area contributed by atoms with Crippen molar-refractivity contribution in [2.75, 3.05) is 18.6 Å². The molecule has 8 heteroatoms. The first kappa shape index (κ1) is 19.8. The number of nitrogens with one attached hydrogen (secondary N) is 1. The number of ether oxygens (including phenoxy) is 1. The molecule has 0 unspecified atom stereocenters. The number of amides is 1. The molecule has 0 spiro atoms. The number of Topliss-reactive ketones (excluding diaryl/α,β-unsaturated/α-hetero) is 1. The van der Waals surface area contributed by atoms with E-state index in [4.69, 9.17) is 4.74 Å². The van der Waals surface area contributed by atoms with E-state index >= 15 is 0 Å². The Labute approximate surface area is 170 Å². The van der Waals surface area contributed by atoms with E-state index in [1.165, 1.54) is 11.9 Å². The van der Waals surface area contributed by atoms with Gasteiger partial charge in [0.1, 0.15) is 5.41 Å². The average molecular weight is 412 g/mol. The molecule has 30 heavy (non-hydrogen) atoms. The zero-order valence-electron chi connectivity index (χ0n) is 16.3. The van der Waals surface area contributed by atoms with E-state index in [1.807, 2.05) is 0 Å². The van der Waals surface area contributed by atoms with Crippen molar-refractivity contribution < 1.29 is 27.9 Å². The highest BCUT2D eigenvalue weighted by Crippen LogP contribution is 2.50. The maximum absolute atomic E-state index is 14.3. The van der Waals surface area contributed by atoms with Crippen molar-refractivity contribution >= 4 is 34.3 Å². The maximum Gasteiger partial charge on any atom is 0.374 e. The van der Waals surface area contributed by atoms with Gasteiger partial charge in [0.25, 0.3) is 0 Å². The fourth-order valence-electron chi connectivity index (χ4n) is 4.14. The maximum atomic E-state index is 14.3. The van der Waals surface area contributed by atoms with Gasteiger partial charge in [-0.25, -0.2) is 13.6 Å². The third-order valence-electron chi connectivity index (χ3n) is 5.51. The van der Waals surface area contributed by atoms with E-state index in [9.17, 15) is 23.2 Å². The van der Waals surface area contributed by atoms with Crippen LogP contribution in [0.3, 0.4) is 0 Å². The average Bonchev–Trinajstić information content (AvgIpc) is 3.24. The molecule has 154 valence electrons. The predicted molar refractivity (Wildman–Crippen MR) is 105 cm³/mol. The van der Waals surface area contributed by atoms with E-state index in [2.05, 4.69) is 4.98 Å². The number of aromatic nitrogens is 1. The Bertz CT molecular complexity index is 1200. The number of rotatable bonds is 5. The molecule has 1 aromatic heterocycles. The van der Waals surface area contributed by atoms with Crippen LogP contribution in [0.2, 0.25) is 0 Å². The largest absolute Gasteiger partial charge is 0.460 e. The zero-order chi connectivity index (χ0) is 21.6. The number of aromatic amines is 1. The number of H-pyrrole nitrogens is 1. The molecule has 1 N–H and O–H groups in total. The second kappa shape index (κ2) is 7.05. The Morgan fingerprint density at radius 1 is 1.13 bits per heavy atom. The van der Waals surface area contributed by atoms with Crippen LogP contribution in [0.15, 0.2) is 42.6 Å². The fourth-order valence-corrected chi connectivity index (χ4v) is 4.14. The number of benzene rings is 2. The highest BCUT2D eigenvalue weighted by atomic mass is 19.2. The van der Waals surface area contributed by atoms with Crippen molar-refractivity contribution in [3.8, 4) is 0 Å². The molecule has 3 aromatic rings. The molecule has 0 radical (unpaired) electrons. The van der Waals surface area contributed by atoms with Crippen LogP contribution in [0.5, 0.6) is 0 Å². The summed E-state index contributed by atoms with van der Waals surface area (Å²) >= 11 is 0. The summed E-state index contributed by atoms with van der Waals surface area (Å²) in [6.45, 7) is 1.55. The van der Waals surface area contributed by atoms with Gasteiger partial charge in [0, 0.05) is 36.6 Å². The number of anilines is 1. The number of nitrogens with zero attached hydrogens (tertiary/aromatic N) is 1. The standard InChI is InChI=1S/C22H18F2N2O4/c1-3-30-20(28)19(27)10-22(14-11-25-17-7-5-4-6-12(14)17)13-8-15(23)16(24)9-18(13)26(2)21(22)29/h4-9,11,25H,3,10H2,1-2H3/t22-/m1/s1. The zero-order valence-corrected chi connectivity index (χ0v) is 16.3. The molecule has 1 atom stereocenters. The lowest BCUT2D eigenvalue weighted by molar-refractivity contribution is -0.154. The molecule has 0 aliphatic carbocycles. The van der Waals surface area contributed by atoms with Gasteiger partial charge in [-0.1, -0.05) is 18.2 Å². The molecule has 4 rings (SSSR count). The number of ketones is 1. The van der Waals surface area contributed by atoms with Crippen molar-refractivity contribution in [3.05, 3.63) is 65.4 Å². The first-order valence-corrected chi connectivity index (χ1v) is 9.35. The summed E-state index contributed by atoms with van der Waals surface area (Å²) in [7, 11) is 1.42. The van der Waals surface area contributed by atoms with Crippen molar-refractivity contribution in [1.29, 1.82) is 0 Å². The highest BCUT2D eigenvalue weighted by molar-refractivity contribution is 6.35. The number of esters is 1. The molecule has 6 nitrogen and oxygen atoms in total. The number of hydrogen-bond acceptors (Lipinski definition) is 4. The minimum Gasteiger partial charge on any atom is -0.460 e. The summed E-state index contributed by atoms with van der Waals surface area (Å²) in [4.78, 5) is 42.6. The van der Waals surface area contributed by atoms with Gasteiger partial charge in [-0.2, -0.15) is 0 Å². The van der Waals surface area contributed by atoms with Gasteiger partial charge >= 0.3 is 5.97 Å². The van der Waals surface area contributed by atoms with Gasteiger partial charge in [-0.05, 0) is 30.2 Å². The number of fused-ring (bicyclic) bond motifs is 2. The summed E-state index contributed by atoms with van der Waals surface area (Å²) in [6.07, 6.45) is 0.986. The van der Waals surface area contributed by atoms with Crippen LogP contribution in [0.1, 0.15) is 24.5 Å². The number of para-hydroxylation sites is 1. The highest BCUT2D eigenvalue weighted by Gasteiger charge is 2.54. The minimum atomic E-state index is -1.71. The van der Waals surface area contributed by atoms with Crippen LogP contribution in [0.25, 0.3) is 10.9 Å². The van der Waals surface area contributed by atoms with Crippen molar-refractivity contribution in [2.45, 2.75) is 18.8 Å². The SMILES string of the molecule is CCOC(=O)C(=O)C[C@@]1(c2c[nH]c3ccccc23)C(=O)N(C)c2cc(F)c(F)cc21. The Morgan fingerprint density at radius 3 is 2.57 bits per heavy atom. The molecular formula is C22H18F2N2O4. The molecule has 2 aromatic carbocycles. The van der Waals surface area contributed by atoms with E-state index in [0.717, 1.165) is 12.1 Å². The predicted octanol–water partition coefficient (Wildman–Crippen LogP) is 3.23. The molecule has 0 saturated carbocycles. The first-order valence-electron chi connectivity index (χ1n) is 9.35. The van der Waals surface area contributed by atoms with E-state index in [1.54, 1.807) is 37.4 Å². The molecule has 1 amide bonds. The second-order valence-corrected chi connectivity index (χ2v) is 7.12. The molecule has 0 saturated heterocycles. The van der Waals surface area contributed by atoms with Gasteiger partial charge in [0.05, 0.1) is 12.3 Å². The van der Waals surface area contributed by atoms with E-state index in [-0.39, 0.29) is 17.9 Å². The van der Waals surface area contributed by atoms with E-state index < -0.39 is 41.1 Å². The molecule has 1 aliphatic heterocycles. The van der Waals surface area contributed by atoms with Gasteiger partial charge in [-0.15, -0.1) is 0 Å². The van der Waals surface area contributed by atoms with Gasteiger partial charge in [0.2, 0.25) is 11.7 Å². The Hall–Kier alpha value is -3.55. The third-order valence-corrected chi connectivity index (χ3v) is 5.51. The van der Waals surface area contributed by atoms with Crippen molar-refractivity contribution in [2.24, 2.45) is 0 Å². The van der Waals surface area contributed by atoms with Gasteiger partial charge in [0.15, 0.2) is 11.6 Å². The van der Waals surface area contributed by atoms with Crippen LogP contribution in [0, 0.1) is 11.6 Å². The van der Waals surface area contributed by atoms with Crippen LogP contribution >= 0.6 is 0 Å². The number of carbonyl (C=O) groups excluding carboxylic acids is 3. The summed E-state index contributed by atoms with van der Waals surface area (Å²) in [5.41, 5.74) is -0.348. The number of hydrogen-bond donors (Lipinski definition) is 1. The lowest BCUT2D eigenvalue weighted by atomic mass is 9.71. The van der Waals surface area contributed by atoms with Crippen LogP contribution in [-0.4, -0.2) is 36.3 Å². The van der Waals surface area contributed by atoms with Gasteiger partial charge in [-0.3, -0.25) is 9.59 Å². The summed E-state index contributed by atoms with van der Waals surface area (Å²) in [5.74, 6) is -4.83. The first-order chi connectivity index (χ1) is 14.3. The number of likely N-dealkylation sites (N-methyl/N-ethyl adjacent to an activating group) is 1. The Morgan fingerprint density at radius 2 is 1.83 bits per heavy atom. The van der Waals surface area contributed by atoms with Crippen LogP contribution in [-0.2, 0) is 24.5 Å². The molecule has 1 aliphatic rings. The summed E-state index contributed by atoms with van der Waals surface area (Å²) in [5, 5.41) is 0.633. The lowest BCUT2D eigenvalue weighted by Gasteiger charge is -2.27. The Balaban J connectivity index is 2.01. The summed E-state index contributed by atoms with van der Waals surface area (Å²) in [6, 6.07) is 8.94. The molecule has 0 bridgehead atoms. The quantitative estimate of drug-likeness (QED) is 0.516. The normalized spacial score (nSPS) is 18.0. The smallest absolute Gasteiger partial charge is 0.374 e. The lowest BCUT2D eigenvalue weighted by Crippen LogP contribution is -2.42. The Kier molecular flexibility index (Phi) is 4.64. The van der Waals surface area contributed by atoms with Crippen LogP contribution in [0.4, 0.5) is 14.5 Å². The second-order valence-electron chi connectivity index (χ2n) is 7.12. The van der Waals surface area contributed by atoms with Crippen molar-refractivity contribution in [1.82, 2.24) is 4.98 Å². The number of halogens is 2. The van der Waals surface area contributed by atoms with Gasteiger partial charge < -0.3 is 14.6 Å². The molecule has 0 fully saturated rings. The van der Waals surface area contributed by atoms with E-state index in [0.29, 0.717) is 16.5 Å². The van der Waals surface area contributed by atoms with Crippen molar-refractivity contribution in [3.63, 3.8) is 0 Å². The summed E-state index contributed by atoms with van der Waals surface area (Å²) < 4.78 is 33.0. The monoisotopic (exact) mass is 412 g/mol.